The van der Waals surface area contributed by atoms with Crippen LogP contribution < -0.4 is 10.1 Å². The van der Waals surface area contributed by atoms with Crippen LogP contribution in [0.3, 0.4) is 0 Å². The number of nitrogens with one attached hydrogen (secondary N) is 1. The number of carbonyl (C=O) groups excluding carboxylic acids is 1. The third-order valence-corrected chi connectivity index (χ3v) is 2.94. The maximum atomic E-state index is 11.6. The summed E-state index contributed by atoms with van der Waals surface area (Å²) in [5.41, 5.74) is 0.177. The average molecular weight is 351 g/mol. The number of benzene rings is 1. The van der Waals surface area contributed by atoms with E-state index >= 15 is 0 Å². The van der Waals surface area contributed by atoms with Gasteiger partial charge < -0.3 is 14.8 Å². The molecule has 0 fully saturated rings. The van der Waals surface area contributed by atoms with Crippen LogP contribution in [-0.4, -0.2) is 18.8 Å². The smallest absolute Gasteiger partial charge is 0.407 e. The Kier molecular flexibility index (Phi) is 5.50. The molecule has 0 saturated carbocycles. The first-order valence-electron chi connectivity index (χ1n) is 5.71. The summed E-state index contributed by atoms with van der Waals surface area (Å²) in [4.78, 5) is 11.6. The van der Waals surface area contributed by atoms with E-state index in [9.17, 15) is 4.79 Å². The largest absolute Gasteiger partial charge is 0.496 e. The van der Waals surface area contributed by atoms with Gasteiger partial charge in [-0.25, -0.2) is 4.79 Å². The SMILES string of the molecule is COc1cc(Br)cc(Cl)c1CNC(=O)OC(C)(C)C. The van der Waals surface area contributed by atoms with Gasteiger partial charge in [0.05, 0.1) is 18.7 Å². The highest BCUT2D eigenvalue weighted by Crippen LogP contribution is 2.30. The Bertz CT molecular complexity index is 472. The van der Waals surface area contributed by atoms with Gasteiger partial charge in [0.1, 0.15) is 11.4 Å². The van der Waals surface area contributed by atoms with Crippen LogP contribution in [0.25, 0.3) is 0 Å². The highest BCUT2D eigenvalue weighted by Gasteiger charge is 2.17. The zero-order valence-corrected chi connectivity index (χ0v) is 13.7. The molecule has 4 nitrogen and oxygen atoms in total. The lowest BCUT2D eigenvalue weighted by molar-refractivity contribution is 0.0523. The van der Waals surface area contributed by atoms with Crippen molar-refractivity contribution in [1.29, 1.82) is 0 Å². The van der Waals surface area contributed by atoms with Crippen molar-refractivity contribution in [3.05, 3.63) is 27.2 Å². The minimum atomic E-state index is -0.530. The Hall–Kier alpha value is -0.940. The van der Waals surface area contributed by atoms with E-state index in [1.165, 1.54) is 0 Å². The van der Waals surface area contributed by atoms with Gasteiger partial charge in [0, 0.05) is 10.0 Å². The van der Waals surface area contributed by atoms with Crippen molar-refractivity contribution in [1.82, 2.24) is 5.32 Å². The minimum Gasteiger partial charge on any atom is -0.496 e. The number of hydrogen-bond acceptors (Lipinski definition) is 3. The summed E-state index contributed by atoms with van der Waals surface area (Å²) in [6.07, 6.45) is -0.492. The molecule has 0 spiro atoms. The van der Waals surface area contributed by atoms with E-state index in [0.29, 0.717) is 16.3 Å². The second-order valence-corrected chi connectivity index (χ2v) is 6.25. The van der Waals surface area contributed by atoms with Crippen molar-refractivity contribution in [2.75, 3.05) is 7.11 Å². The molecule has 0 aliphatic rings. The predicted octanol–water partition coefficient (Wildman–Crippen LogP) is 4.14. The number of hydrogen-bond donors (Lipinski definition) is 1. The topological polar surface area (TPSA) is 47.6 Å². The lowest BCUT2D eigenvalue weighted by Crippen LogP contribution is -2.32. The predicted molar refractivity (Wildman–Crippen MR) is 78.8 cm³/mol. The van der Waals surface area contributed by atoms with E-state index < -0.39 is 11.7 Å². The first-order valence-corrected chi connectivity index (χ1v) is 6.89. The minimum absolute atomic E-state index is 0.240. The molecule has 0 aromatic heterocycles. The summed E-state index contributed by atoms with van der Waals surface area (Å²) in [6.45, 7) is 5.66. The van der Waals surface area contributed by atoms with Crippen molar-refractivity contribution >= 4 is 33.6 Å². The summed E-state index contributed by atoms with van der Waals surface area (Å²) >= 11 is 9.46. The number of carbonyl (C=O) groups is 1. The van der Waals surface area contributed by atoms with Crippen LogP contribution >= 0.6 is 27.5 Å². The molecule has 0 bridgehead atoms. The molecule has 1 aromatic carbocycles. The molecule has 0 heterocycles. The van der Waals surface area contributed by atoms with Gasteiger partial charge in [0.2, 0.25) is 0 Å². The standard InChI is InChI=1S/C13H17BrClNO3/c1-13(2,3)19-12(17)16-7-9-10(15)5-8(14)6-11(9)18-4/h5-6H,7H2,1-4H3,(H,16,17). The number of methoxy groups -OCH3 is 1. The molecule has 0 unspecified atom stereocenters. The van der Waals surface area contributed by atoms with Gasteiger partial charge in [-0.05, 0) is 32.9 Å². The van der Waals surface area contributed by atoms with Crippen molar-refractivity contribution in [3.63, 3.8) is 0 Å². The molecule has 1 rings (SSSR count). The van der Waals surface area contributed by atoms with Gasteiger partial charge in [0.25, 0.3) is 0 Å². The zero-order valence-electron chi connectivity index (χ0n) is 11.3. The molecular weight excluding hydrogens is 334 g/mol. The lowest BCUT2D eigenvalue weighted by atomic mass is 10.2. The Morgan fingerprint density at radius 2 is 2.05 bits per heavy atom. The van der Waals surface area contributed by atoms with Crippen LogP contribution in [0.15, 0.2) is 16.6 Å². The van der Waals surface area contributed by atoms with Crippen LogP contribution in [0.1, 0.15) is 26.3 Å². The fourth-order valence-corrected chi connectivity index (χ4v) is 2.25. The molecule has 106 valence electrons. The number of amides is 1. The summed E-state index contributed by atoms with van der Waals surface area (Å²) in [7, 11) is 1.55. The van der Waals surface area contributed by atoms with Gasteiger partial charge >= 0.3 is 6.09 Å². The van der Waals surface area contributed by atoms with Gasteiger partial charge in [-0.2, -0.15) is 0 Å². The van der Waals surface area contributed by atoms with Crippen molar-refractivity contribution in [3.8, 4) is 5.75 Å². The van der Waals surface area contributed by atoms with E-state index in [0.717, 1.165) is 4.47 Å². The first-order chi connectivity index (χ1) is 8.73. The average Bonchev–Trinajstić information content (AvgIpc) is 2.24. The summed E-state index contributed by atoms with van der Waals surface area (Å²) in [5, 5.41) is 3.17. The Morgan fingerprint density at radius 1 is 1.42 bits per heavy atom. The van der Waals surface area contributed by atoms with Gasteiger partial charge in [-0.3, -0.25) is 0 Å². The molecule has 1 amide bonds. The summed E-state index contributed by atoms with van der Waals surface area (Å²) in [6, 6.07) is 3.54. The fourth-order valence-electron chi connectivity index (χ4n) is 1.41. The molecule has 6 heteroatoms. The van der Waals surface area contributed by atoms with Crippen LogP contribution in [0.5, 0.6) is 5.75 Å². The molecule has 0 aliphatic carbocycles. The van der Waals surface area contributed by atoms with Crippen LogP contribution in [0, 0.1) is 0 Å². The maximum absolute atomic E-state index is 11.6. The third-order valence-electron chi connectivity index (χ3n) is 2.15. The number of rotatable bonds is 3. The molecule has 19 heavy (non-hydrogen) atoms. The normalized spacial score (nSPS) is 11.1. The lowest BCUT2D eigenvalue weighted by Gasteiger charge is -2.20. The first kappa shape index (κ1) is 16.1. The number of halogens is 2. The van der Waals surface area contributed by atoms with Crippen LogP contribution in [0.2, 0.25) is 5.02 Å². The fraction of sp³-hybridized carbons (Fsp3) is 0.462. The van der Waals surface area contributed by atoms with Crippen molar-refractivity contribution in [2.45, 2.75) is 32.9 Å². The van der Waals surface area contributed by atoms with E-state index in [-0.39, 0.29) is 6.54 Å². The number of alkyl carbamates (subject to hydrolysis) is 1. The third kappa shape index (κ3) is 5.28. The van der Waals surface area contributed by atoms with Crippen molar-refractivity contribution < 1.29 is 14.3 Å². The molecule has 0 saturated heterocycles. The highest BCUT2D eigenvalue weighted by atomic mass is 79.9. The van der Waals surface area contributed by atoms with Crippen molar-refractivity contribution in [2.24, 2.45) is 0 Å². The van der Waals surface area contributed by atoms with E-state index in [2.05, 4.69) is 21.2 Å². The summed E-state index contributed by atoms with van der Waals surface area (Å²) < 4.78 is 11.2. The molecule has 1 N–H and O–H groups in total. The Balaban J connectivity index is 2.75. The number of ether oxygens (including phenoxy) is 2. The van der Waals surface area contributed by atoms with E-state index in [1.54, 1.807) is 40.0 Å². The van der Waals surface area contributed by atoms with Crippen LogP contribution in [-0.2, 0) is 11.3 Å². The molecule has 0 aliphatic heterocycles. The molecule has 0 atom stereocenters. The maximum Gasteiger partial charge on any atom is 0.407 e. The zero-order chi connectivity index (χ0) is 14.6. The highest BCUT2D eigenvalue weighted by molar-refractivity contribution is 9.10. The monoisotopic (exact) mass is 349 g/mol. The quantitative estimate of drug-likeness (QED) is 0.891. The van der Waals surface area contributed by atoms with E-state index in [1.807, 2.05) is 0 Å². The molecule has 1 aromatic rings. The summed E-state index contributed by atoms with van der Waals surface area (Å²) in [5.74, 6) is 0.607. The van der Waals surface area contributed by atoms with Gasteiger partial charge in [-0.1, -0.05) is 27.5 Å². The molecular formula is C13H17BrClNO3. The second kappa shape index (κ2) is 6.48. The van der Waals surface area contributed by atoms with Gasteiger partial charge in [-0.15, -0.1) is 0 Å². The van der Waals surface area contributed by atoms with E-state index in [4.69, 9.17) is 21.1 Å². The Labute approximate surface area is 126 Å². The molecule has 0 radical (unpaired) electrons. The van der Waals surface area contributed by atoms with Gasteiger partial charge in [0.15, 0.2) is 0 Å². The van der Waals surface area contributed by atoms with Crippen LogP contribution in [0.4, 0.5) is 4.79 Å². The second-order valence-electron chi connectivity index (χ2n) is 4.92. The Morgan fingerprint density at radius 3 is 2.58 bits per heavy atom.